The van der Waals surface area contributed by atoms with Gasteiger partial charge in [-0.05, 0) is 91.0 Å². The zero-order valence-electron chi connectivity index (χ0n) is 35.9. The van der Waals surface area contributed by atoms with E-state index >= 15 is 0 Å². The second kappa shape index (κ2) is 17.9. The van der Waals surface area contributed by atoms with Crippen LogP contribution in [-0.4, -0.2) is 15.9 Å². The van der Waals surface area contributed by atoms with Gasteiger partial charge in [0.1, 0.15) is 5.76 Å². The van der Waals surface area contributed by atoms with E-state index in [0.717, 1.165) is 65.3 Å². The molecule has 3 aromatic carbocycles. The quantitative estimate of drug-likeness (QED) is 0.0798. The zero-order chi connectivity index (χ0) is 40.5. The van der Waals surface area contributed by atoms with Crippen LogP contribution in [0.25, 0.3) is 54.3 Å². The maximum Gasteiger partial charge on any atom is 0.219 e. The van der Waals surface area contributed by atoms with Gasteiger partial charge in [-0.3, -0.25) is 9.78 Å². The van der Waals surface area contributed by atoms with Crippen LogP contribution in [0.2, 0.25) is 0 Å². The fourth-order valence-electron chi connectivity index (χ4n) is 7.33. The Hall–Kier alpha value is -3.57. The Labute approximate surface area is 353 Å². The third kappa shape index (κ3) is 9.25. The van der Waals surface area contributed by atoms with Gasteiger partial charge in [-0.15, -0.1) is 40.5 Å². The molecule has 0 fully saturated rings. The van der Waals surface area contributed by atoms with E-state index in [1.807, 2.05) is 59.1 Å². The number of allylic oxidation sites excluding steroid dienone is 2. The molecule has 4 nitrogen and oxygen atoms in total. The number of hydrogen-bond acceptors (Lipinski definition) is 5. The molecule has 0 atom stereocenters. The summed E-state index contributed by atoms with van der Waals surface area (Å²) >= 11 is 1.90. The number of rotatable bonds is 11. The monoisotopic (exact) mass is 949 g/mol. The van der Waals surface area contributed by atoms with Crippen LogP contribution in [0.5, 0.6) is 0 Å². The van der Waals surface area contributed by atoms with E-state index in [2.05, 4.69) is 109 Å². The van der Waals surface area contributed by atoms with E-state index in [1.165, 1.54) is 43.1 Å². The molecule has 301 valence electrons. The SMILES string of the molecule is CCC(C)(CC)C(=O)/C=C(\O)C(C)(CC)CC.Cc1sc2cc(-c3cc(-c4[c-]c5ccccc5c(C(C)(C)C)c4)nc4occ(C)c34)ccc2c1CC(C)C.[Ir]. The van der Waals surface area contributed by atoms with Gasteiger partial charge >= 0.3 is 0 Å². The minimum absolute atomic E-state index is 0. The Bertz CT molecular complexity index is 2340. The van der Waals surface area contributed by atoms with Crippen LogP contribution in [-0.2, 0) is 36.7 Å². The third-order valence-electron chi connectivity index (χ3n) is 12.1. The van der Waals surface area contributed by atoms with Crippen molar-refractivity contribution >= 4 is 49.1 Å². The molecule has 56 heavy (non-hydrogen) atoms. The number of ketones is 1. The number of aliphatic hydroxyl groups excluding tert-OH is 1. The van der Waals surface area contributed by atoms with Crippen LogP contribution in [0, 0.1) is 36.7 Å². The van der Waals surface area contributed by atoms with Crippen molar-refractivity contribution in [1.82, 2.24) is 4.98 Å². The molecule has 3 heterocycles. The second-order valence-electron chi connectivity index (χ2n) is 17.4. The number of carbonyl (C=O) groups is 1. The minimum atomic E-state index is -0.337. The van der Waals surface area contributed by atoms with Gasteiger partial charge in [0.25, 0.3) is 0 Å². The van der Waals surface area contributed by atoms with Crippen LogP contribution in [0.3, 0.4) is 0 Å². The Kier molecular flexibility index (Phi) is 14.4. The van der Waals surface area contributed by atoms with Crippen molar-refractivity contribution in [1.29, 1.82) is 0 Å². The summed E-state index contributed by atoms with van der Waals surface area (Å²) in [5, 5.41) is 15.0. The van der Waals surface area contributed by atoms with E-state index in [0.29, 0.717) is 11.6 Å². The van der Waals surface area contributed by atoms with Crippen LogP contribution in [0.1, 0.15) is 123 Å². The largest absolute Gasteiger partial charge is 0.512 e. The number of aliphatic hydroxyl groups is 1. The molecular weight excluding hydrogens is 887 g/mol. The molecular formula is C50H62IrNO3S-. The Morgan fingerprint density at radius 2 is 1.54 bits per heavy atom. The van der Waals surface area contributed by atoms with Crippen molar-refractivity contribution in [3.8, 4) is 22.4 Å². The van der Waals surface area contributed by atoms with Gasteiger partial charge in [-0.25, -0.2) is 0 Å². The average Bonchev–Trinajstić information content (AvgIpc) is 3.69. The summed E-state index contributed by atoms with van der Waals surface area (Å²) in [6.07, 6.45) is 7.69. The van der Waals surface area contributed by atoms with Gasteiger partial charge in [0.2, 0.25) is 5.71 Å². The molecule has 6 rings (SSSR count). The molecule has 1 N–H and O–H groups in total. The van der Waals surface area contributed by atoms with Crippen molar-refractivity contribution < 1.29 is 34.4 Å². The van der Waals surface area contributed by atoms with Gasteiger partial charge in [-0.2, -0.15) is 0 Å². The standard InChI is InChI=1S/C35H34NOS.C15H28O2.Ir/c1-20(2)14-28-22(4)38-32-17-24(12-13-27(28)32)29-18-31(36-34-33(29)21(3)19-37-34)25-15-23-10-8-9-11-26(23)30(16-25)35(5,6)7;1-7-14(5,8-2)12(16)11-13(17)15(6,9-3)10-4;/h8-13,16-20H,14H2,1-7H3;11,16H,7-10H2,1-6H3;/q-1;;/b;12-11-;. The van der Waals surface area contributed by atoms with Crippen molar-refractivity contribution in [3.63, 3.8) is 0 Å². The minimum Gasteiger partial charge on any atom is -0.512 e. The Balaban J connectivity index is 0.000000330. The molecule has 0 aliphatic carbocycles. The summed E-state index contributed by atoms with van der Waals surface area (Å²) in [7, 11) is 0. The first-order valence-electron chi connectivity index (χ1n) is 20.2. The van der Waals surface area contributed by atoms with Gasteiger partial charge in [0.15, 0.2) is 5.78 Å². The third-order valence-corrected chi connectivity index (χ3v) is 13.2. The number of thiophene rings is 1. The number of benzene rings is 3. The molecule has 0 spiro atoms. The number of nitrogens with zero attached hydrogens (tertiary/aromatic N) is 1. The van der Waals surface area contributed by atoms with E-state index in [4.69, 9.17) is 9.40 Å². The summed E-state index contributed by atoms with van der Waals surface area (Å²) < 4.78 is 7.33. The normalized spacial score (nSPS) is 12.6. The molecule has 0 saturated heterocycles. The smallest absolute Gasteiger partial charge is 0.219 e. The molecule has 1 radical (unpaired) electrons. The van der Waals surface area contributed by atoms with Crippen LogP contribution >= 0.6 is 11.3 Å². The zero-order valence-corrected chi connectivity index (χ0v) is 39.1. The fourth-order valence-corrected chi connectivity index (χ4v) is 8.46. The number of aryl methyl sites for hydroxylation is 2. The summed E-state index contributed by atoms with van der Waals surface area (Å²) in [4.78, 5) is 18.6. The van der Waals surface area contributed by atoms with Crippen molar-refractivity contribution in [2.24, 2.45) is 16.7 Å². The number of aromatic nitrogens is 1. The van der Waals surface area contributed by atoms with Crippen LogP contribution in [0.15, 0.2) is 77.1 Å². The predicted octanol–water partition coefficient (Wildman–Crippen LogP) is 15.1. The van der Waals surface area contributed by atoms with Crippen molar-refractivity contribution in [3.05, 3.63) is 100 Å². The predicted molar refractivity (Wildman–Crippen MR) is 236 cm³/mol. The molecule has 0 saturated carbocycles. The van der Waals surface area contributed by atoms with E-state index in [-0.39, 0.29) is 47.9 Å². The maximum absolute atomic E-state index is 12.2. The van der Waals surface area contributed by atoms with E-state index < -0.39 is 0 Å². The molecule has 0 amide bonds. The summed E-state index contributed by atoms with van der Waals surface area (Å²) in [5.41, 5.74) is 8.22. The first-order chi connectivity index (χ1) is 25.9. The first-order valence-corrected chi connectivity index (χ1v) is 21.0. The van der Waals surface area contributed by atoms with Gasteiger partial charge < -0.3 is 9.52 Å². The molecule has 0 unspecified atom stereocenters. The molecule has 0 aliphatic rings. The molecule has 6 aromatic rings. The van der Waals surface area contributed by atoms with Crippen molar-refractivity contribution in [2.75, 3.05) is 0 Å². The summed E-state index contributed by atoms with van der Waals surface area (Å²) in [5.74, 6) is 0.923. The Morgan fingerprint density at radius 3 is 2.14 bits per heavy atom. The van der Waals surface area contributed by atoms with Crippen molar-refractivity contribution in [2.45, 2.75) is 128 Å². The Morgan fingerprint density at radius 1 is 0.893 bits per heavy atom. The topological polar surface area (TPSA) is 63.3 Å². The van der Waals surface area contributed by atoms with Crippen LogP contribution in [0.4, 0.5) is 0 Å². The molecule has 6 heteroatoms. The summed E-state index contributed by atoms with van der Waals surface area (Å²) in [6.45, 7) is 27.8. The maximum atomic E-state index is 12.2. The van der Waals surface area contributed by atoms with E-state index in [1.54, 1.807) is 0 Å². The van der Waals surface area contributed by atoms with Gasteiger partial charge in [0.05, 0.1) is 6.26 Å². The average molecular weight is 949 g/mol. The number of carbonyl (C=O) groups excluding carboxylic acids is 1. The number of fused-ring (bicyclic) bond motifs is 3. The number of pyridine rings is 1. The van der Waals surface area contributed by atoms with E-state index in [9.17, 15) is 9.90 Å². The number of furan rings is 1. The van der Waals surface area contributed by atoms with Crippen LogP contribution < -0.4 is 0 Å². The molecule has 0 bridgehead atoms. The summed E-state index contributed by atoms with van der Waals surface area (Å²) in [6, 6.07) is 23.6. The first kappa shape index (κ1) is 45.1. The molecule has 3 aromatic heterocycles. The fraction of sp³-hybridized carbons (Fsp3) is 0.440. The van der Waals surface area contributed by atoms with Gasteiger partial charge in [-0.1, -0.05) is 124 Å². The second-order valence-corrected chi connectivity index (χ2v) is 18.7. The molecule has 0 aliphatic heterocycles. The number of hydrogen-bond donors (Lipinski definition) is 1. The van der Waals surface area contributed by atoms with Gasteiger partial charge in [0, 0.05) is 57.7 Å².